The van der Waals surface area contributed by atoms with E-state index in [1.807, 2.05) is 0 Å². The van der Waals surface area contributed by atoms with Gasteiger partial charge < -0.3 is 0 Å². The van der Waals surface area contributed by atoms with Crippen molar-refractivity contribution in [2.75, 3.05) is 14.1 Å². The molecule has 0 aromatic heterocycles. The van der Waals surface area contributed by atoms with E-state index in [1.165, 1.54) is 24.1 Å². The highest BCUT2D eigenvalue weighted by Crippen LogP contribution is 2.22. The smallest absolute Gasteiger partial charge is 0.269 e. The number of carbonyl (C=O) groups is 2. The minimum atomic E-state index is -0.706. The van der Waals surface area contributed by atoms with E-state index in [1.54, 1.807) is 23.8 Å². The van der Waals surface area contributed by atoms with Gasteiger partial charge in [-0.25, -0.2) is 9.37 Å². The lowest BCUT2D eigenvalue weighted by Gasteiger charge is -2.30. The van der Waals surface area contributed by atoms with Crippen molar-refractivity contribution in [2.24, 2.45) is 4.99 Å². The number of rotatable bonds is 3. The molecule has 0 N–H and O–H groups in total. The number of non-ortho nitro benzene ring substituents is 1. The number of imide groups is 1. The average molecular weight is 395 g/mol. The van der Waals surface area contributed by atoms with Crippen LogP contribution in [0.4, 0.5) is 10.5 Å². The first kappa shape index (κ1) is 16.2. The number of amidine groups is 2. The van der Waals surface area contributed by atoms with Crippen molar-refractivity contribution in [3.63, 3.8) is 0 Å². The molecule has 1 aromatic carbocycles. The summed E-state index contributed by atoms with van der Waals surface area (Å²) in [5.74, 6) is -0.00917. The summed E-state index contributed by atoms with van der Waals surface area (Å²) >= 11 is 3.32. The van der Waals surface area contributed by atoms with Gasteiger partial charge in [0.2, 0.25) is 0 Å². The number of carbonyl (C=O) groups excluding carboxylic acids is 2. The first-order valence-electron chi connectivity index (χ1n) is 6.97. The zero-order valence-corrected chi connectivity index (χ0v) is 14.4. The van der Waals surface area contributed by atoms with Crippen LogP contribution in [0.5, 0.6) is 0 Å². The second-order valence-electron chi connectivity index (χ2n) is 5.43. The fraction of sp³-hybridized carbons (Fsp3) is 0.286. The van der Waals surface area contributed by atoms with Crippen LogP contribution in [-0.4, -0.2) is 62.0 Å². The van der Waals surface area contributed by atoms with Crippen LogP contribution < -0.4 is 0 Å². The van der Waals surface area contributed by atoms with Crippen molar-refractivity contribution in [2.45, 2.75) is 12.6 Å². The van der Waals surface area contributed by atoms with Gasteiger partial charge in [-0.3, -0.25) is 24.7 Å². The molecule has 24 heavy (non-hydrogen) atoms. The van der Waals surface area contributed by atoms with Crippen LogP contribution in [0, 0.1) is 10.1 Å². The van der Waals surface area contributed by atoms with Crippen LogP contribution in [0.2, 0.25) is 0 Å². The van der Waals surface area contributed by atoms with Crippen LogP contribution in [0.25, 0.3) is 0 Å². The Hall–Kier alpha value is -2.62. The lowest BCUT2D eigenvalue weighted by molar-refractivity contribution is -0.548. The maximum atomic E-state index is 12.5. The van der Waals surface area contributed by atoms with E-state index in [9.17, 15) is 19.7 Å². The van der Waals surface area contributed by atoms with E-state index in [0.29, 0.717) is 17.1 Å². The van der Waals surface area contributed by atoms with Crippen LogP contribution >= 0.6 is 15.9 Å². The van der Waals surface area contributed by atoms with Gasteiger partial charge in [-0.2, -0.15) is 0 Å². The van der Waals surface area contributed by atoms with Crippen molar-refractivity contribution in [3.8, 4) is 0 Å². The van der Waals surface area contributed by atoms with E-state index in [4.69, 9.17) is 0 Å². The summed E-state index contributed by atoms with van der Waals surface area (Å²) in [5, 5.41) is 10.7. The quantitative estimate of drug-likeness (QED) is 0.332. The molecule has 1 fully saturated rings. The van der Waals surface area contributed by atoms with Gasteiger partial charge in [0.1, 0.15) is 6.54 Å². The number of nitro benzene ring substituents is 1. The van der Waals surface area contributed by atoms with Crippen LogP contribution in [0.3, 0.4) is 0 Å². The first-order valence-corrected chi connectivity index (χ1v) is 7.77. The van der Waals surface area contributed by atoms with Gasteiger partial charge in [-0.1, -0.05) is 0 Å². The van der Waals surface area contributed by atoms with Gasteiger partial charge in [0.15, 0.2) is 0 Å². The van der Waals surface area contributed by atoms with Crippen molar-refractivity contribution < 1.29 is 19.1 Å². The highest BCUT2D eigenvalue weighted by Gasteiger charge is 2.52. The Bertz CT molecular complexity index is 817. The lowest BCUT2D eigenvalue weighted by atomic mass is 10.1. The molecule has 1 unspecified atom stereocenters. The number of benzene rings is 1. The molecule has 0 saturated carbocycles. The van der Waals surface area contributed by atoms with Gasteiger partial charge in [0, 0.05) is 26.2 Å². The van der Waals surface area contributed by atoms with Crippen molar-refractivity contribution in [3.05, 3.63) is 39.9 Å². The minimum absolute atomic E-state index is 0.000961. The fourth-order valence-electron chi connectivity index (χ4n) is 2.64. The predicted molar refractivity (Wildman–Crippen MR) is 88.1 cm³/mol. The Morgan fingerprint density at radius 1 is 1.25 bits per heavy atom. The molecule has 0 aliphatic carbocycles. The summed E-state index contributed by atoms with van der Waals surface area (Å²) < 4.78 is 2.14. The van der Waals surface area contributed by atoms with Crippen LogP contribution in [0.1, 0.15) is 5.56 Å². The normalized spacial score (nSPS) is 20.5. The number of amides is 3. The van der Waals surface area contributed by atoms with Crippen molar-refractivity contribution in [1.82, 2.24) is 9.80 Å². The number of hydrogen-bond acceptors (Lipinski definition) is 5. The number of nitro groups is 1. The molecule has 0 radical (unpaired) electrons. The maximum absolute atomic E-state index is 12.5. The molecule has 10 heteroatoms. The molecule has 2 aliphatic heterocycles. The molecular formula is C14H13BrN5O4+. The number of urea groups is 1. The van der Waals surface area contributed by atoms with E-state index in [2.05, 4.69) is 20.9 Å². The number of halogens is 1. The number of likely N-dealkylation sites (N-methyl/N-ethyl adjacent to an activating group) is 2. The average Bonchev–Trinajstić information content (AvgIpc) is 2.88. The number of nitrogens with zero attached hydrogens (tertiary/aromatic N) is 5. The van der Waals surface area contributed by atoms with Gasteiger partial charge in [0.05, 0.1) is 20.9 Å². The third-order valence-electron chi connectivity index (χ3n) is 3.98. The summed E-state index contributed by atoms with van der Waals surface area (Å²) in [6, 6.07) is 4.93. The zero-order chi connectivity index (χ0) is 17.6. The van der Waals surface area contributed by atoms with E-state index < -0.39 is 17.0 Å². The Morgan fingerprint density at radius 2 is 1.88 bits per heavy atom. The summed E-state index contributed by atoms with van der Waals surface area (Å²) in [6.07, 6.45) is 0. The summed E-state index contributed by atoms with van der Waals surface area (Å²) in [6.45, 7) is 0.317. The number of fused-ring (bicyclic) bond motifs is 1. The molecule has 124 valence electrons. The van der Waals surface area contributed by atoms with Gasteiger partial charge in [-0.15, -0.1) is 0 Å². The third-order valence-corrected chi connectivity index (χ3v) is 4.61. The summed E-state index contributed by atoms with van der Waals surface area (Å²) in [7, 11) is 2.99. The maximum Gasteiger partial charge on any atom is 0.365 e. The minimum Gasteiger partial charge on any atom is -0.269 e. The van der Waals surface area contributed by atoms with Crippen molar-refractivity contribution in [1.29, 1.82) is 0 Å². The van der Waals surface area contributed by atoms with Gasteiger partial charge >= 0.3 is 10.8 Å². The summed E-state index contributed by atoms with van der Waals surface area (Å²) in [4.78, 5) is 41.4. The number of hydrogen-bond donors (Lipinski definition) is 0. The fourth-order valence-corrected chi connectivity index (χ4v) is 3.16. The first-order chi connectivity index (χ1) is 11.3. The number of aliphatic imine (C=N–C) groups is 1. The van der Waals surface area contributed by atoms with E-state index in [-0.39, 0.29) is 11.6 Å². The highest BCUT2D eigenvalue weighted by molar-refractivity contribution is 9.18. The summed E-state index contributed by atoms with van der Waals surface area (Å²) in [5.41, 5.74) is 0.781. The Kier molecular flexibility index (Phi) is 3.91. The molecule has 3 amide bonds. The molecule has 9 nitrogen and oxygen atoms in total. The molecule has 3 rings (SSSR count). The monoisotopic (exact) mass is 394 g/mol. The highest BCUT2D eigenvalue weighted by atomic mass is 79.9. The molecule has 0 spiro atoms. The molecule has 1 saturated heterocycles. The Labute approximate surface area is 145 Å². The van der Waals surface area contributed by atoms with E-state index in [0.717, 1.165) is 10.5 Å². The second-order valence-corrected chi connectivity index (χ2v) is 6.14. The molecule has 2 heterocycles. The third kappa shape index (κ3) is 2.48. The standard InChI is InChI=1S/C14H13BrN5O4/c1-17-11-10(12(21)18(2)14(17)22)19(13(15)16-11)7-8-3-5-9(6-4-8)20(23)24/h3-6,10H,7H2,1-2H3/q+1. The Balaban J connectivity index is 1.89. The van der Waals surface area contributed by atoms with Gasteiger partial charge in [0.25, 0.3) is 23.5 Å². The lowest BCUT2D eigenvalue weighted by Crippen LogP contribution is -2.61. The van der Waals surface area contributed by atoms with Crippen LogP contribution in [-0.2, 0) is 11.3 Å². The molecule has 1 aromatic rings. The van der Waals surface area contributed by atoms with Gasteiger partial charge in [-0.05, 0) is 22.7 Å². The largest absolute Gasteiger partial charge is 0.365 e. The van der Waals surface area contributed by atoms with Crippen molar-refractivity contribution >= 4 is 44.1 Å². The zero-order valence-electron chi connectivity index (χ0n) is 12.8. The molecule has 0 bridgehead atoms. The Morgan fingerprint density at radius 3 is 2.46 bits per heavy atom. The van der Waals surface area contributed by atoms with Crippen LogP contribution in [0.15, 0.2) is 29.3 Å². The van der Waals surface area contributed by atoms with E-state index >= 15 is 0 Å². The molecular weight excluding hydrogens is 382 g/mol. The second kappa shape index (κ2) is 5.78. The topological polar surface area (TPSA) is 99.1 Å². The molecule has 2 aliphatic rings. The predicted octanol–water partition coefficient (Wildman–Crippen LogP) is 1.16. The molecule has 1 atom stereocenters. The SMILES string of the molecule is CN1C(=O)C2C(=NC(Br)=[N+]2Cc2ccc([N+](=O)[O-])cc2)N(C)C1=O.